The third-order valence-electron chi connectivity index (χ3n) is 4.09. The molecule has 1 amide bonds. The molecule has 0 aliphatic rings. The second-order valence-corrected chi connectivity index (χ2v) is 7.11. The predicted octanol–water partition coefficient (Wildman–Crippen LogP) is 2.09. The van der Waals surface area contributed by atoms with Crippen molar-refractivity contribution in [3.63, 3.8) is 0 Å². The maximum absolute atomic E-state index is 12.3. The highest BCUT2D eigenvalue weighted by molar-refractivity contribution is 7.15. The van der Waals surface area contributed by atoms with Crippen LogP contribution < -0.4 is 10.9 Å². The van der Waals surface area contributed by atoms with E-state index in [0.717, 1.165) is 17.1 Å². The van der Waals surface area contributed by atoms with E-state index >= 15 is 0 Å². The van der Waals surface area contributed by atoms with Crippen LogP contribution in [0, 0.1) is 0 Å². The van der Waals surface area contributed by atoms with Crippen LogP contribution in [0.25, 0.3) is 16.7 Å². The zero-order chi connectivity index (χ0) is 19.5. The number of anilines is 1. The summed E-state index contributed by atoms with van der Waals surface area (Å²) in [7, 11) is 0. The smallest absolute Gasteiger partial charge is 0.262 e. The third kappa shape index (κ3) is 3.67. The Kier molecular flexibility index (Phi) is 4.94. The number of nitrogens with one attached hydrogen (secondary N) is 2. The van der Waals surface area contributed by atoms with Crippen LogP contribution in [-0.4, -0.2) is 35.9 Å². The van der Waals surface area contributed by atoms with Crippen LogP contribution in [0.15, 0.2) is 41.3 Å². The molecule has 0 saturated heterocycles. The second kappa shape index (κ2) is 7.69. The van der Waals surface area contributed by atoms with Crippen LogP contribution in [0.4, 0.5) is 5.13 Å². The lowest BCUT2D eigenvalue weighted by atomic mass is 10.2. The summed E-state index contributed by atoms with van der Waals surface area (Å²) in [6.07, 6.45) is 2.71. The van der Waals surface area contributed by atoms with Gasteiger partial charge in [-0.2, -0.15) is 5.10 Å². The standard InChI is InChI=1S/C18H17N7O2S/c1-2-15-23-24-18(28-15)22-14(26)9-8-13-20-16-12(17(27)21-13)10-19-25(16)11-6-4-3-5-7-11/h3-7,10H,2,8-9H2,1H3,(H,20,21,27)(H,22,24,26). The number of rotatable bonds is 6. The summed E-state index contributed by atoms with van der Waals surface area (Å²) >= 11 is 1.35. The Morgan fingerprint density at radius 1 is 1.25 bits per heavy atom. The van der Waals surface area contributed by atoms with Crippen molar-refractivity contribution in [2.24, 2.45) is 0 Å². The van der Waals surface area contributed by atoms with Gasteiger partial charge in [-0.15, -0.1) is 10.2 Å². The first-order valence-corrected chi connectivity index (χ1v) is 9.60. The van der Waals surface area contributed by atoms with Gasteiger partial charge in [-0.25, -0.2) is 9.67 Å². The number of benzene rings is 1. The molecule has 0 fully saturated rings. The molecule has 1 aromatic carbocycles. The zero-order valence-electron chi connectivity index (χ0n) is 15.0. The van der Waals surface area contributed by atoms with Gasteiger partial charge in [0, 0.05) is 12.8 Å². The lowest BCUT2D eigenvalue weighted by molar-refractivity contribution is -0.116. The topological polar surface area (TPSA) is 118 Å². The van der Waals surface area contributed by atoms with Crippen LogP contribution in [0.5, 0.6) is 0 Å². The van der Waals surface area contributed by atoms with Crippen molar-refractivity contribution in [1.82, 2.24) is 29.9 Å². The Morgan fingerprint density at radius 2 is 2.07 bits per heavy atom. The first kappa shape index (κ1) is 18.0. The average molecular weight is 395 g/mol. The molecular weight excluding hydrogens is 378 g/mol. The van der Waals surface area contributed by atoms with Gasteiger partial charge in [0.25, 0.3) is 5.56 Å². The van der Waals surface area contributed by atoms with Gasteiger partial charge in [-0.05, 0) is 18.6 Å². The second-order valence-electron chi connectivity index (χ2n) is 6.04. The highest BCUT2D eigenvalue weighted by Gasteiger charge is 2.13. The zero-order valence-corrected chi connectivity index (χ0v) is 15.9. The van der Waals surface area contributed by atoms with Crippen molar-refractivity contribution >= 4 is 33.4 Å². The van der Waals surface area contributed by atoms with E-state index in [1.54, 1.807) is 4.68 Å². The highest BCUT2D eigenvalue weighted by Crippen LogP contribution is 2.16. The van der Waals surface area contributed by atoms with Crippen molar-refractivity contribution in [1.29, 1.82) is 0 Å². The molecule has 0 bridgehead atoms. The summed E-state index contributed by atoms with van der Waals surface area (Å²) in [4.78, 5) is 31.7. The number of fused-ring (bicyclic) bond motifs is 1. The van der Waals surface area contributed by atoms with E-state index in [1.165, 1.54) is 17.5 Å². The van der Waals surface area contributed by atoms with Crippen molar-refractivity contribution in [3.8, 4) is 5.69 Å². The van der Waals surface area contributed by atoms with Crippen LogP contribution >= 0.6 is 11.3 Å². The molecule has 0 aliphatic heterocycles. The number of amides is 1. The summed E-state index contributed by atoms with van der Waals surface area (Å²) in [5.74, 6) is 0.218. The van der Waals surface area contributed by atoms with Crippen molar-refractivity contribution in [3.05, 3.63) is 57.7 Å². The Bertz CT molecular complexity index is 1180. The molecule has 0 aliphatic carbocycles. The number of carbonyl (C=O) groups is 1. The number of hydrogen-bond donors (Lipinski definition) is 2. The van der Waals surface area contributed by atoms with Gasteiger partial charge < -0.3 is 10.3 Å². The molecule has 4 aromatic rings. The molecule has 3 aromatic heterocycles. The summed E-state index contributed by atoms with van der Waals surface area (Å²) in [6.45, 7) is 1.98. The highest BCUT2D eigenvalue weighted by atomic mass is 32.1. The predicted molar refractivity (Wildman–Crippen MR) is 106 cm³/mol. The van der Waals surface area contributed by atoms with E-state index in [1.807, 2.05) is 37.3 Å². The first-order valence-electron chi connectivity index (χ1n) is 8.78. The molecule has 3 heterocycles. The number of aromatic nitrogens is 6. The van der Waals surface area contributed by atoms with Crippen LogP contribution in [0.1, 0.15) is 24.2 Å². The van der Waals surface area contributed by atoms with Crippen molar-refractivity contribution in [2.75, 3.05) is 5.32 Å². The summed E-state index contributed by atoms with van der Waals surface area (Å²) < 4.78 is 1.61. The molecule has 0 spiro atoms. The summed E-state index contributed by atoms with van der Waals surface area (Å²) in [5, 5.41) is 16.6. The average Bonchev–Trinajstić information content (AvgIpc) is 3.34. The van der Waals surface area contributed by atoms with Gasteiger partial charge >= 0.3 is 0 Å². The Hall–Kier alpha value is -3.40. The van der Waals surface area contributed by atoms with E-state index in [4.69, 9.17) is 0 Å². The Labute approximate surface area is 163 Å². The first-order chi connectivity index (χ1) is 13.6. The van der Waals surface area contributed by atoms with Gasteiger partial charge in [0.1, 0.15) is 16.2 Å². The summed E-state index contributed by atoms with van der Waals surface area (Å²) in [6, 6.07) is 9.45. The maximum Gasteiger partial charge on any atom is 0.262 e. The van der Waals surface area contributed by atoms with Crippen molar-refractivity contribution < 1.29 is 4.79 Å². The van der Waals surface area contributed by atoms with E-state index in [-0.39, 0.29) is 24.3 Å². The van der Waals surface area contributed by atoms with Crippen LogP contribution in [-0.2, 0) is 17.6 Å². The fourth-order valence-electron chi connectivity index (χ4n) is 2.70. The number of hydrogen-bond acceptors (Lipinski definition) is 7. The number of para-hydroxylation sites is 1. The van der Waals surface area contributed by atoms with E-state index in [9.17, 15) is 9.59 Å². The fraction of sp³-hybridized carbons (Fsp3) is 0.222. The molecule has 0 unspecified atom stereocenters. The fourth-order valence-corrected chi connectivity index (χ4v) is 3.40. The Morgan fingerprint density at radius 3 is 2.82 bits per heavy atom. The normalized spacial score (nSPS) is 11.0. The molecule has 10 heteroatoms. The molecule has 142 valence electrons. The molecule has 9 nitrogen and oxygen atoms in total. The minimum atomic E-state index is -0.278. The number of nitrogens with zero attached hydrogens (tertiary/aromatic N) is 5. The third-order valence-corrected chi connectivity index (χ3v) is 5.08. The molecular formula is C18H17N7O2S. The van der Waals surface area contributed by atoms with Gasteiger partial charge in [-0.1, -0.05) is 36.5 Å². The lowest BCUT2D eigenvalue weighted by Gasteiger charge is -2.05. The maximum atomic E-state index is 12.3. The van der Waals surface area contributed by atoms with Gasteiger partial charge in [-0.3, -0.25) is 9.59 Å². The number of carbonyl (C=O) groups excluding carboxylic acids is 1. The van der Waals surface area contributed by atoms with Crippen molar-refractivity contribution in [2.45, 2.75) is 26.2 Å². The number of aryl methyl sites for hydroxylation is 2. The van der Waals surface area contributed by atoms with E-state index < -0.39 is 0 Å². The van der Waals surface area contributed by atoms with Gasteiger partial charge in [0.2, 0.25) is 11.0 Å². The number of H-pyrrole nitrogens is 1. The summed E-state index contributed by atoms with van der Waals surface area (Å²) in [5.41, 5.74) is 0.990. The quantitative estimate of drug-likeness (QED) is 0.516. The van der Waals surface area contributed by atoms with E-state index in [2.05, 4.69) is 30.6 Å². The molecule has 2 N–H and O–H groups in total. The largest absolute Gasteiger partial charge is 0.310 e. The van der Waals surface area contributed by atoms with Gasteiger partial charge in [0.05, 0.1) is 11.9 Å². The SMILES string of the molecule is CCc1nnc(NC(=O)CCc2nc3c(cnn3-c3ccccc3)c(=O)[nH]2)s1. The minimum Gasteiger partial charge on any atom is -0.310 e. The van der Waals surface area contributed by atoms with E-state index in [0.29, 0.717) is 22.0 Å². The number of aromatic amines is 1. The lowest BCUT2D eigenvalue weighted by Crippen LogP contribution is -2.16. The molecule has 0 saturated carbocycles. The molecule has 0 radical (unpaired) electrons. The Balaban J connectivity index is 1.52. The molecule has 0 atom stereocenters. The van der Waals surface area contributed by atoms with Crippen LogP contribution in [0.3, 0.4) is 0 Å². The minimum absolute atomic E-state index is 0.162. The monoisotopic (exact) mass is 395 g/mol. The van der Waals surface area contributed by atoms with Crippen LogP contribution in [0.2, 0.25) is 0 Å². The molecule has 28 heavy (non-hydrogen) atoms. The molecule has 4 rings (SSSR count). The van der Waals surface area contributed by atoms with Gasteiger partial charge in [0.15, 0.2) is 5.65 Å².